The zero-order chi connectivity index (χ0) is 21.5. The zero-order valence-corrected chi connectivity index (χ0v) is 17.8. The molecule has 0 fully saturated rings. The maximum Gasteiger partial charge on any atom is 0.251 e. The van der Waals surface area contributed by atoms with Crippen LogP contribution in [0.2, 0.25) is 0 Å². The van der Waals surface area contributed by atoms with E-state index >= 15 is 0 Å². The second-order valence-corrected chi connectivity index (χ2v) is 7.54. The number of para-hydroxylation sites is 3. The molecule has 0 saturated heterocycles. The van der Waals surface area contributed by atoms with Crippen LogP contribution in [0, 0.1) is 6.92 Å². The number of nitrogens with one attached hydrogen (secondary N) is 1. The van der Waals surface area contributed by atoms with E-state index in [1.807, 2.05) is 66.7 Å². The molecule has 0 atom stereocenters. The highest BCUT2D eigenvalue weighted by Crippen LogP contribution is 2.19. The van der Waals surface area contributed by atoms with Crippen LogP contribution in [0.1, 0.15) is 34.6 Å². The molecule has 158 valence electrons. The molecule has 3 aromatic carbocycles. The summed E-state index contributed by atoms with van der Waals surface area (Å²) in [6.45, 7) is 3.96. The molecule has 0 spiro atoms. The molecule has 1 N–H and O–H groups in total. The third-order valence-electron chi connectivity index (χ3n) is 5.30. The number of fused-ring (bicyclic) bond motifs is 1. The van der Waals surface area contributed by atoms with Crippen molar-refractivity contribution in [1.82, 2.24) is 14.9 Å². The fourth-order valence-corrected chi connectivity index (χ4v) is 3.63. The minimum atomic E-state index is -0.0918. The molecule has 0 aliphatic rings. The van der Waals surface area contributed by atoms with Crippen LogP contribution >= 0.6 is 0 Å². The topological polar surface area (TPSA) is 56.1 Å². The number of hydrogen-bond donors (Lipinski definition) is 1. The van der Waals surface area contributed by atoms with E-state index in [0.29, 0.717) is 18.7 Å². The summed E-state index contributed by atoms with van der Waals surface area (Å²) >= 11 is 0. The molecule has 0 saturated carbocycles. The second-order valence-electron chi connectivity index (χ2n) is 7.54. The first kappa shape index (κ1) is 20.7. The predicted molar refractivity (Wildman–Crippen MR) is 123 cm³/mol. The SMILES string of the molecule is Cc1ccccc1OCCCCn1c(CNC(=O)c2ccccc2)nc2ccccc21. The lowest BCUT2D eigenvalue weighted by atomic mass is 10.2. The van der Waals surface area contributed by atoms with E-state index in [0.717, 1.165) is 47.6 Å². The highest BCUT2D eigenvalue weighted by Gasteiger charge is 2.12. The van der Waals surface area contributed by atoms with Crippen molar-refractivity contribution < 1.29 is 9.53 Å². The van der Waals surface area contributed by atoms with Gasteiger partial charge in [-0.1, -0.05) is 48.5 Å². The average molecular weight is 414 g/mol. The van der Waals surface area contributed by atoms with Gasteiger partial charge in [0.1, 0.15) is 11.6 Å². The van der Waals surface area contributed by atoms with Crippen LogP contribution in [0.5, 0.6) is 5.75 Å². The Morgan fingerprint density at radius 2 is 1.68 bits per heavy atom. The van der Waals surface area contributed by atoms with Crippen LogP contribution in [-0.2, 0) is 13.1 Å². The third kappa shape index (κ3) is 5.12. The van der Waals surface area contributed by atoms with Crippen molar-refractivity contribution in [1.29, 1.82) is 0 Å². The van der Waals surface area contributed by atoms with Gasteiger partial charge in [-0.2, -0.15) is 0 Å². The van der Waals surface area contributed by atoms with Crippen molar-refractivity contribution in [3.63, 3.8) is 0 Å². The molecule has 1 amide bonds. The molecular formula is C26H27N3O2. The first-order chi connectivity index (χ1) is 15.2. The first-order valence-electron chi connectivity index (χ1n) is 10.7. The number of unbranched alkanes of at least 4 members (excludes halogenated alkanes) is 1. The summed E-state index contributed by atoms with van der Waals surface area (Å²) in [5, 5.41) is 3.00. The third-order valence-corrected chi connectivity index (χ3v) is 5.30. The number of hydrogen-bond acceptors (Lipinski definition) is 3. The van der Waals surface area contributed by atoms with E-state index in [2.05, 4.69) is 28.9 Å². The Morgan fingerprint density at radius 1 is 0.935 bits per heavy atom. The molecule has 0 aliphatic carbocycles. The maximum absolute atomic E-state index is 12.4. The van der Waals surface area contributed by atoms with Gasteiger partial charge in [0.2, 0.25) is 0 Å². The van der Waals surface area contributed by atoms with Crippen molar-refractivity contribution in [2.24, 2.45) is 0 Å². The number of amides is 1. The molecule has 5 heteroatoms. The van der Waals surface area contributed by atoms with Gasteiger partial charge in [0.05, 0.1) is 24.2 Å². The van der Waals surface area contributed by atoms with Gasteiger partial charge < -0.3 is 14.6 Å². The predicted octanol–water partition coefficient (Wildman–Crippen LogP) is 5.13. The number of benzene rings is 3. The van der Waals surface area contributed by atoms with E-state index < -0.39 is 0 Å². The van der Waals surface area contributed by atoms with Gasteiger partial charge in [-0.05, 0) is 55.7 Å². The smallest absolute Gasteiger partial charge is 0.251 e. The van der Waals surface area contributed by atoms with Crippen LogP contribution in [-0.4, -0.2) is 22.1 Å². The normalized spacial score (nSPS) is 10.9. The van der Waals surface area contributed by atoms with Crippen LogP contribution < -0.4 is 10.1 Å². The standard InChI is InChI=1S/C26H27N3O2/c1-20-11-5-8-16-24(20)31-18-10-9-17-29-23-15-7-6-14-22(23)28-25(29)19-27-26(30)21-12-3-2-4-13-21/h2-8,11-16H,9-10,17-19H2,1H3,(H,27,30). The van der Waals surface area contributed by atoms with Crippen LogP contribution in [0.25, 0.3) is 11.0 Å². The lowest BCUT2D eigenvalue weighted by molar-refractivity contribution is 0.0949. The molecular weight excluding hydrogens is 386 g/mol. The van der Waals surface area contributed by atoms with E-state index in [9.17, 15) is 4.79 Å². The van der Waals surface area contributed by atoms with E-state index in [1.54, 1.807) is 0 Å². The van der Waals surface area contributed by atoms with E-state index in [-0.39, 0.29) is 5.91 Å². The lowest BCUT2D eigenvalue weighted by Gasteiger charge is -2.12. The first-order valence-corrected chi connectivity index (χ1v) is 10.7. The number of rotatable bonds is 9. The van der Waals surface area contributed by atoms with Crippen molar-refractivity contribution in [2.45, 2.75) is 32.9 Å². The number of aromatic nitrogens is 2. The van der Waals surface area contributed by atoms with E-state index in [1.165, 1.54) is 0 Å². The van der Waals surface area contributed by atoms with Gasteiger partial charge in [-0.15, -0.1) is 0 Å². The summed E-state index contributed by atoms with van der Waals surface area (Å²) in [6, 6.07) is 25.4. The summed E-state index contributed by atoms with van der Waals surface area (Å²) < 4.78 is 8.12. The number of ether oxygens (including phenoxy) is 1. The van der Waals surface area contributed by atoms with Gasteiger partial charge in [0.25, 0.3) is 5.91 Å². The monoisotopic (exact) mass is 413 g/mol. The van der Waals surface area contributed by atoms with E-state index in [4.69, 9.17) is 9.72 Å². The second kappa shape index (κ2) is 9.94. The number of nitrogens with zero attached hydrogens (tertiary/aromatic N) is 2. The zero-order valence-electron chi connectivity index (χ0n) is 17.8. The molecule has 0 aliphatic heterocycles. The Balaban J connectivity index is 1.38. The highest BCUT2D eigenvalue weighted by molar-refractivity contribution is 5.94. The summed E-state index contributed by atoms with van der Waals surface area (Å²) in [4.78, 5) is 17.2. The lowest BCUT2D eigenvalue weighted by Crippen LogP contribution is -2.24. The van der Waals surface area contributed by atoms with Crippen LogP contribution in [0.4, 0.5) is 0 Å². The number of aryl methyl sites for hydroxylation is 2. The number of carbonyl (C=O) groups excluding carboxylic acids is 1. The number of carbonyl (C=O) groups is 1. The molecule has 0 bridgehead atoms. The maximum atomic E-state index is 12.4. The Kier molecular flexibility index (Phi) is 6.62. The molecule has 4 rings (SSSR count). The molecule has 1 aromatic heterocycles. The summed E-state index contributed by atoms with van der Waals surface area (Å²) in [5.74, 6) is 1.72. The van der Waals surface area contributed by atoms with Gasteiger partial charge in [0.15, 0.2) is 0 Å². The molecule has 0 unspecified atom stereocenters. The minimum Gasteiger partial charge on any atom is -0.493 e. The van der Waals surface area contributed by atoms with Crippen molar-refractivity contribution in [3.05, 3.63) is 95.8 Å². The molecule has 1 heterocycles. The molecule has 5 nitrogen and oxygen atoms in total. The quantitative estimate of drug-likeness (QED) is 0.387. The fourth-order valence-electron chi connectivity index (χ4n) is 3.63. The number of imidazole rings is 1. The van der Waals surface area contributed by atoms with Crippen LogP contribution in [0.3, 0.4) is 0 Å². The Morgan fingerprint density at radius 3 is 2.52 bits per heavy atom. The summed E-state index contributed by atoms with van der Waals surface area (Å²) in [5.41, 5.74) is 3.84. The fraction of sp³-hybridized carbons (Fsp3) is 0.231. The minimum absolute atomic E-state index is 0.0918. The van der Waals surface area contributed by atoms with Gasteiger partial charge in [0, 0.05) is 12.1 Å². The van der Waals surface area contributed by atoms with Crippen molar-refractivity contribution in [3.8, 4) is 5.75 Å². The van der Waals surface area contributed by atoms with Crippen molar-refractivity contribution >= 4 is 16.9 Å². The largest absolute Gasteiger partial charge is 0.493 e. The molecule has 0 radical (unpaired) electrons. The average Bonchev–Trinajstić information content (AvgIpc) is 3.16. The summed E-state index contributed by atoms with van der Waals surface area (Å²) in [7, 11) is 0. The van der Waals surface area contributed by atoms with Gasteiger partial charge in [-0.3, -0.25) is 4.79 Å². The highest BCUT2D eigenvalue weighted by atomic mass is 16.5. The van der Waals surface area contributed by atoms with Gasteiger partial charge in [-0.25, -0.2) is 4.98 Å². The van der Waals surface area contributed by atoms with Gasteiger partial charge >= 0.3 is 0 Å². The van der Waals surface area contributed by atoms with Crippen LogP contribution in [0.15, 0.2) is 78.9 Å². The van der Waals surface area contributed by atoms with Crippen molar-refractivity contribution in [2.75, 3.05) is 6.61 Å². The Labute approximate surface area is 182 Å². The molecule has 31 heavy (non-hydrogen) atoms. The summed E-state index contributed by atoms with van der Waals surface area (Å²) in [6.07, 6.45) is 1.91. The molecule has 4 aromatic rings. The Bertz CT molecular complexity index is 1150. The Hall–Kier alpha value is -3.60.